The molecule has 0 saturated heterocycles. The number of imide groups is 1. The molecule has 0 fully saturated rings. The Morgan fingerprint density at radius 2 is 1.93 bits per heavy atom. The molecule has 1 aliphatic rings. The molecule has 1 heterocycles. The first kappa shape index (κ1) is 11.2. The molecular formula is C10H12N2O3. The first-order valence-electron chi connectivity index (χ1n) is 4.46. The van der Waals surface area contributed by atoms with E-state index in [1.165, 1.54) is 0 Å². The number of nitrogens with one attached hydrogen (secondary N) is 1. The Hall–Kier alpha value is -1.88. The van der Waals surface area contributed by atoms with Gasteiger partial charge in [0.25, 0.3) is 11.8 Å². The maximum Gasteiger partial charge on any atom is 0.261 e. The minimum absolute atomic E-state index is 0.250. The number of nitrogen functional groups attached to an aromatic ring is 1. The summed E-state index contributed by atoms with van der Waals surface area (Å²) in [5, 5.41) is 9.73. The second-order valence-electron chi connectivity index (χ2n) is 2.87. The highest BCUT2D eigenvalue weighted by Crippen LogP contribution is 2.20. The van der Waals surface area contributed by atoms with Crippen molar-refractivity contribution in [3.63, 3.8) is 0 Å². The quantitative estimate of drug-likeness (QED) is 0.418. The zero-order valence-electron chi connectivity index (χ0n) is 8.28. The Labute approximate surface area is 86.9 Å². The van der Waals surface area contributed by atoms with E-state index in [1.54, 1.807) is 25.1 Å². The van der Waals surface area contributed by atoms with Crippen molar-refractivity contribution in [2.24, 2.45) is 0 Å². The summed E-state index contributed by atoms with van der Waals surface area (Å²) in [6.07, 6.45) is 0. The summed E-state index contributed by atoms with van der Waals surface area (Å²) in [7, 11) is 0. The fourth-order valence-corrected chi connectivity index (χ4v) is 1.25. The normalized spacial score (nSPS) is 12.7. The van der Waals surface area contributed by atoms with Gasteiger partial charge in [0.05, 0.1) is 11.1 Å². The standard InChI is InChI=1S/C8H6N2O2.C2H6O/c9-5-3-1-2-4-6(5)8(12)10-7(4)11;1-2-3/h1-3H,9H2,(H,10,11,12);3H,2H2,1H3. The van der Waals surface area contributed by atoms with Crippen molar-refractivity contribution < 1.29 is 14.7 Å². The predicted molar refractivity (Wildman–Crippen MR) is 55.4 cm³/mol. The Balaban J connectivity index is 0.000000337. The van der Waals surface area contributed by atoms with E-state index >= 15 is 0 Å². The van der Waals surface area contributed by atoms with E-state index in [9.17, 15) is 9.59 Å². The molecule has 2 amide bonds. The highest BCUT2D eigenvalue weighted by atomic mass is 16.2. The molecule has 4 N–H and O–H groups in total. The van der Waals surface area contributed by atoms with Gasteiger partial charge in [0.1, 0.15) is 0 Å². The van der Waals surface area contributed by atoms with Crippen LogP contribution in [0.25, 0.3) is 0 Å². The van der Waals surface area contributed by atoms with Crippen LogP contribution in [-0.4, -0.2) is 23.5 Å². The topological polar surface area (TPSA) is 92.4 Å². The predicted octanol–water partition coefficient (Wildman–Crippen LogP) is 0.151. The summed E-state index contributed by atoms with van der Waals surface area (Å²) in [5.74, 6) is -0.782. The van der Waals surface area contributed by atoms with Gasteiger partial charge in [-0.05, 0) is 19.1 Å². The monoisotopic (exact) mass is 208 g/mol. The maximum atomic E-state index is 11.1. The van der Waals surface area contributed by atoms with Gasteiger partial charge >= 0.3 is 0 Å². The molecule has 5 nitrogen and oxygen atoms in total. The van der Waals surface area contributed by atoms with Crippen LogP contribution >= 0.6 is 0 Å². The van der Waals surface area contributed by atoms with Crippen LogP contribution in [0.1, 0.15) is 27.6 Å². The summed E-state index contributed by atoms with van der Waals surface area (Å²) < 4.78 is 0. The molecule has 5 heteroatoms. The van der Waals surface area contributed by atoms with Crippen LogP contribution in [0.4, 0.5) is 5.69 Å². The molecule has 0 bridgehead atoms. The van der Waals surface area contributed by atoms with Crippen molar-refractivity contribution >= 4 is 17.5 Å². The number of aliphatic hydroxyl groups excluding tert-OH is 1. The van der Waals surface area contributed by atoms with E-state index in [1.807, 2.05) is 0 Å². The lowest BCUT2D eigenvalue weighted by Crippen LogP contribution is -2.20. The molecule has 1 aromatic rings. The molecule has 1 aliphatic heterocycles. The van der Waals surface area contributed by atoms with Gasteiger partial charge in [-0.1, -0.05) is 6.07 Å². The van der Waals surface area contributed by atoms with Crippen LogP contribution in [0.5, 0.6) is 0 Å². The molecule has 0 saturated carbocycles. The van der Waals surface area contributed by atoms with Crippen LogP contribution in [0.3, 0.4) is 0 Å². The molecule has 0 atom stereocenters. The minimum atomic E-state index is -0.409. The van der Waals surface area contributed by atoms with Gasteiger partial charge in [-0.15, -0.1) is 0 Å². The van der Waals surface area contributed by atoms with Crippen LogP contribution < -0.4 is 11.1 Å². The second kappa shape index (κ2) is 4.56. The summed E-state index contributed by atoms with van der Waals surface area (Å²) >= 11 is 0. The maximum absolute atomic E-state index is 11.1. The average Bonchev–Trinajstić information content (AvgIpc) is 2.45. The van der Waals surface area contributed by atoms with Gasteiger partial charge in [0.2, 0.25) is 0 Å². The van der Waals surface area contributed by atoms with Gasteiger partial charge in [-0.25, -0.2) is 0 Å². The molecule has 1 aromatic carbocycles. The summed E-state index contributed by atoms with van der Waals surface area (Å²) in [4.78, 5) is 22.1. The number of anilines is 1. The first-order valence-corrected chi connectivity index (χ1v) is 4.46. The lowest BCUT2D eigenvalue weighted by atomic mass is 10.1. The fraction of sp³-hybridized carbons (Fsp3) is 0.200. The van der Waals surface area contributed by atoms with E-state index in [0.717, 1.165) is 0 Å². The molecule has 0 unspecified atom stereocenters. The van der Waals surface area contributed by atoms with E-state index in [4.69, 9.17) is 10.8 Å². The third-order valence-electron chi connectivity index (χ3n) is 1.80. The van der Waals surface area contributed by atoms with Gasteiger partial charge in [0, 0.05) is 12.3 Å². The Kier molecular flexibility index (Phi) is 3.41. The molecule has 0 aromatic heterocycles. The lowest BCUT2D eigenvalue weighted by molar-refractivity contribution is 0.0880. The van der Waals surface area contributed by atoms with E-state index in [-0.39, 0.29) is 12.5 Å². The van der Waals surface area contributed by atoms with Crippen molar-refractivity contribution in [3.05, 3.63) is 29.3 Å². The van der Waals surface area contributed by atoms with Gasteiger partial charge in [-0.2, -0.15) is 0 Å². The Morgan fingerprint density at radius 1 is 1.33 bits per heavy atom. The number of hydrogen-bond donors (Lipinski definition) is 3. The average molecular weight is 208 g/mol. The number of carbonyl (C=O) groups is 2. The highest BCUT2D eigenvalue weighted by molar-refractivity contribution is 6.23. The van der Waals surface area contributed by atoms with E-state index < -0.39 is 5.91 Å². The molecule has 80 valence electrons. The van der Waals surface area contributed by atoms with E-state index in [0.29, 0.717) is 16.8 Å². The summed E-state index contributed by atoms with van der Waals surface area (Å²) in [6.45, 7) is 1.93. The number of rotatable bonds is 0. The van der Waals surface area contributed by atoms with Crippen molar-refractivity contribution in [3.8, 4) is 0 Å². The van der Waals surface area contributed by atoms with Gasteiger partial charge < -0.3 is 10.8 Å². The second-order valence-corrected chi connectivity index (χ2v) is 2.87. The molecule has 2 rings (SSSR count). The molecule has 15 heavy (non-hydrogen) atoms. The van der Waals surface area contributed by atoms with E-state index in [2.05, 4.69) is 5.32 Å². The fourth-order valence-electron chi connectivity index (χ4n) is 1.25. The van der Waals surface area contributed by atoms with Crippen molar-refractivity contribution in [2.75, 3.05) is 12.3 Å². The Bertz CT molecular complexity index is 402. The largest absolute Gasteiger partial charge is 0.398 e. The van der Waals surface area contributed by atoms with Crippen LogP contribution in [0.2, 0.25) is 0 Å². The van der Waals surface area contributed by atoms with Crippen LogP contribution in [-0.2, 0) is 0 Å². The lowest BCUT2D eigenvalue weighted by Gasteiger charge is -1.96. The number of benzene rings is 1. The first-order chi connectivity index (χ1) is 7.11. The molecular weight excluding hydrogens is 196 g/mol. The number of carbonyl (C=O) groups excluding carboxylic acids is 2. The number of amides is 2. The number of hydrogen-bond acceptors (Lipinski definition) is 4. The minimum Gasteiger partial charge on any atom is -0.398 e. The van der Waals surface area contributed by atoms with Crippen molar-refractivity contribution in [1.82, 2.24) is 5.32 Å². The molecule has 0 radical (unpaired) electrons. The molecule has 0 spiro atoms. The SMILES string of the molecule is CCO.Nc1cccc2c1C(=O)NC2=O. The molecule has 0 aliphatic carbocycles. The number of fused-ring (bicyclic) bond motifs is 1. The van der Waals surface area contributed by atoms with Crippen molar-refractivity contribution in [1.29, 1.82) is 0 Å². The zero-order valence-corrected chi connectivity index (χ0v) is 8.28. The van der Waals surface area contributed by atoms with Crippen molar-refractivity contribution in [2.45, 2.75) is 6.92 Å². The van der Waals surface area contributed by atoms with Gasteiger partial charge in [0.15, 0.2) is 0 Å². The van der Waals surface area contributed by atoms with Crippen LogP contribution in [0.15, 0.2) is 18.2 Å². The highest BCUT2D eigenvalue weighted by Gasteiger charge is 2.27. The number of nitrogens with two attached hydrogens (primary N) is 1. The van der Waals surface area contributed by atoms with Crippen LogP contribution in [0, 0.1) is 0 Å². The third-order valence-corrected chi connectivity index (χ3v) is 1.80. The number of aliphatic hydroxyl groups is 1. The zero-order chi connectivity index (χ0) is 11.4. The third kappa shape index (κ3) is 2.13. The summed E-state index contributed by atoms with van der Waals surface area (Å²) in [6, 6.07) is 4.81. The Morgan fingerprint density at radius 3 is 2.47 bits per heavy atom. The summed E-state index contributed by atoms with van der Waals surface area (Å²) in [5.41, 5.74) is 6.51. The smallest absolute Gasteiger partial charge is 0.261 e. The van der Waals surface area contributed by atoms with Gasteiger partial charge in [-0.3, -0.25) is 14.9 Å².